The molecule has 0 spiro atoms. The first-order valence-electron chi connectivity index (χ1n) is 18.4. The van der Waals surface area contributed by atoms with Gasteiger partial charge in [0.05, 0.1) is 48.8 Å². The Kier molecular flexibility index (Phi) is 18.1. The topological polar surface area (TPSA) is 150 Å². The number of aliphatic hydroxyl groups is 1. The molecule has 1 fully saturated rings. The highest BCUT2D eigenvalue weighted by Crippen LogP contribution is 2.30. The van der Waals surface area contributed by atoms with Gasteiger partial charge in [0.1, 0.15) is 17.7 Å². The van der Waals surface area contributed by atoms with Crippen molar-refractivity contribution >= 4 is 23.6 Å². The number of halogens is 2. The van der Waals surface area contributed by atoms with Gasteiger partial charge in [-0.2, -0.15) is 0 Å². The van der Waals surface area contributed by atoms with Crippen LogP contribution in [0.2, 0.25) is 0 Å². The molecule has 1 aliphatic rings. The lowest BCUT2D eigenvalue weighted by atomic mass is 9.89. The van der Waals surface area contributed by atoms with Gasteiger partial charge in [0.25, 0.3) is 0 Å². The van der Waals surface area contributed by atoms with Crippen LogP contribution in [0, 0.1) is 35.3 Å². The van der Waals surface area contributed by atoms with E-state index in [9.17, 15) is 33.1 Å². The van der Waals surface area contributed by atoms with Crippen molar-refractivity contribution in [3.8, 4) is 0 Å². The van der Waals surface area contributed by atoms with Crippen molar-refractivity contribution < 1.29 is 42.5 Å². The number of carbonyl (C=O) groups excluding carboxylic acids is 4. The van der Waals surface area contributed by atoms with E-state index in [1.165, 1.54) is 25.2 Å². The normalized spacial score (nSPS) is 20.2. The van der Waals surface area contributed by atoms with E-state index >= 15 is 0 Å². The summed E-state index contributed by atoms with van der Waals surface area (Å²) >= 11 is 0. The lowest BCUT2D eigenvalue weighted by molar-refractivity contribution is -0.147. The quantitative estimate of drug-likeness (QED) is 0.160. The molecule has 1 heterocycles. The number of nitrogens with one attached hydrogen (secondary N) is 3. The van der Waals surface area contributed by atoms with Gasteiger partial charge in [-0.3, -0.25) is 19.2 Å². The number of β-amino-alcohol motifs (C(OH)–C–C–N with tert-alkyl or cyclic N) is 1. The molecule has 0 aliphatic carbocycles. The van der Waals surface area contributed by atoms with Crippen LogP contribution in [0.3, 0.4) is 0 Å². The molecule has 12 nitrogen and oxygen atoms in total. The van der Waals surface area contributed by atoms with Crippen molar-refractivity contribution in [2.75, 3.05) is 41.4 Å². The van der Waals surface area contributed by atoms with E-state index in [1.54, 1.807) is 25.9 Å². The van der Waals surface area contributed by atoms with Crippen molar-refractivity contribution in [3.63, 3.8) is 0 Å². The van der Waals surface area contributed by atoms with Crippen LogP contribution in [0.25, 0.3) is 0 Å². The zero-order chi connectivity index (χ0) is 39.4. The number of likely N-dealkylation sites (N-methyl/N-ethyl adjacent to an activating group) is 2. The van der Waals surface area contributed by atoms with Crippen molar-refractivity contribution in [2.45, 2.75) is 117 Å². The number of amides is 4. The fourth-order valence-corrected chi connectivity index (χ4v) is 7.29. The lowest BCUT2D eigenvalue weighted by Gasteiger charge is -2.41. The smallest absolute Gasteiger partial charge is 0.245 e. The largest absolute Gasteiger partial charge is 0.391 e. The van der Waals surface area contributed by atoms with E-state index < -0.39 is 65.9 Å². The SMILES string of the molecule is CCC(C)[C@@H]([C@@H](CC(=O)N1C[C@@H](O)C[C@H]1[C@H](OC)[C@@H](C)C(=O)NCCc1c(F)cccc1F)OC)N(C)C(=O)[C@@H](NC(=O)[C@@H](NC)C(C)C)C(C)C. The number of hydrogen-bond donors (Lipinski definition) is 4. The number of hydrogen-bond acceptors (Lipinski definition) is 8. The van der Waals surface area contributed by atoms with Gasteiger partial charge in [-0.05, 0) is 49.8 Å². The molecule has 0 saturated carbocycles. The molecule has 52 heavy (non-hydrogen) atoms. The standard InChI is InChI=1S/C38H63F2N5O7/c1-12-23(6)34(44(9)38(50)33(22(4)5)43-37(49)32(41-8)21(2)3)30(51-10)19-31(47)45-20-25(46)18-29(45)35(52-11)24(7)36(48)42-17-16-26-27(39)14-13-15-28(26)40/h13-15,21-25,29-30,32-35,41,46H,12,16-20H2,1-11H3,(H,42,48)(H,43,49)/t23?,24-,25+,29+,30-,32+,33+,34+,35-/m1/s1. The zero-order valence-corrected chi connectivity index (χ0v) is 32.9. The van der Waals surface area contributed by atoms with Gasteiger partial charge < -0.3 is 40.3 Å². The Hall–Kier alpha value is -3.20. The number of aliphatic hydroxyl groups excluding tert-OH is 1. The number of carbonyl (C=O) groups is 4. The number of ether oxygens (including phenoxy) is 2. The fraction of sp³-hybridized carbons (Fsp3) is 0.737. The summed E-state index contributed by atoms with van der Waals surface area (Å²) in [4.78, 5) is 57.6. The molecule has 1 aromatic carbocycles. The average Bonchev–Trinajstić information content (AvgIpc) is 3.48. The third-order valence-corrected chi connectivity index (χ3v) is 10.5. The Morgan fingerprint density at radius 1 is 0.981 bits per heavy atom. The highest BCUT2D eigenvalue weighted by atomic mass is 19.1. The van der Waals surface area contributed by atoms with E-state index in [4.69, 9.17) is 9.47 Å². The van der Waals surface area contributed by atoms with Gasteiger partial charge in [-0.15, -0.1) is 0 Å². The van der Waals surface area contributed by atoms with Crippen LogP contribution in [0.15, 0.2) is 18.2 Å². The van der Waals surface area contributed by atoms with E-state index in [0.29, 0.717) is 6.42 Å². The van der Waals surface area contributed by atoms with Crippen LogP contribution in [0.4, 0.5) is 8.78 Å². The summed E-state index contributed by atoms with van der Waals surface area (Å²) in [5.74, 6) is -3.81. The molecule has 4 N–H and O–H groups in total. The van der Waals surface area contributed by atoms with Crippen LogP contribution in [0.5, 0.6) is 0 Å². The maximum atomic E-state index is 14.1. The highest BCUT2D eigenvalue weighted by molar-refractivity contribution is 5.90. The minimum Gasteiger partial charge on any atom is -0.391 e. The average molecular weight is 740 g/mol. The Labute approximate surface area is 308 Å². The number of likely N-dealkylation sites (tertiary alicyclic amines) is 1. The zero-order valence-electron chi connectivity index (χ0n) is 32.9. The summed E-state index contributed by atoms with van der Waals surface area (Å²) in [5, 5.41) is 19.4. The number of rotatable bonds is 20. The summed E-state index contributed by atoms with van der Waals surface area (Å²) in [6.45, 7) is 13.2. The molecular formula is C38H63F2N5O7. The molecule has 1 aromatic rings. The molecule has 1 saturated heterocycles. The molecule has 4 amide bonds. The first-order chi connectivity index (χ1) is 24.4. The molecule has 1 unspecified atom stereocenters. The minimum absolute atomic E-state index is 0.00178. The van der Waals surface area contributed by atoms with Gasteiger partial charge in [0.2, 0.25) is 23.6 Å². The van der Waals surface area contributed by atoms with Crippen LogP contribution in [-0.2, 0) is 35.1 Å². The molecular weight excluding hydrogens is 676 g/mol. The van der Waals surface area contributed by atoms with E-state index in [-0.39, 0.29) is 73.4 Å². The molecule has 2 rings (SSSR count). The molecule has 1 aliphatic heterocycles. The summed E-state index contributed by atoms with van der Waals surface area (Å²) in [6, 6.07) is 1.10. The Balaban J connectivity index is 2.25. The van der Waals surface area contributed by atoms with Crippen LogP contribution in [-0.4, -0.2) is 122 Å². The van der Waals surface area contributed by atoms with Crippen molar-refractivity contribution in [1.82, 2.24) is 25.8 Å². The van der Waals surface area contributed by atoms with Crippen LogP contribution in [0.1, 0.15) is 73.3 Å². The van der Waals surface area contributed by atoms with E-state index in [0.717, 1.165) is 12.1 Å². The maximum Gasteiger partial charge on any atom is 0.245 e. The lowest BCUT2D eigenvalue weighted by Crippen LogP contribution is -2.59. The van der Waals surface area contributed by atoms with Crippen LogP contribution >= 0.6 is 0 Å². The highest BCUT2D eigenvalue weighted by Gasteiger charge is 2.45. The third-order valence-electron chi connectivity index (χ3n) is 10.5. The molecule has 14 heteroatoms. The molecule has 0 bridgehead atoms. The Morgan fingerprint density at radius 3 is 2.08 bits per heavy atom. The van der Waals surface area contributed by atoms with Gasteiger partial charge in [-0.1, -0.05) is 61.0 Å². The van der Waals surface area contributed by atoms with Crippen molar-refractivity contribution in [3.05, 3.63) is 35.4 Å². The first-order valence-corrected chi connectivity index (χ1v) is 18.4. The molecule has 0 aromatic heterocycles. The van der Waals surface area contributed by atoms with E-state index in [1.807, 2.05) is 41.5 Å². The predicted octanol–water partition coefficient (Wildman–Crippen LogP) is 2.90. The molecule has 9 atom stereocenters. The molecule has 296 valence electrons. The van der Waals surface area contributed by atoms with Crippen LogP contribution < -0.4 is 16.0 Å². The molecule has 0 radical (unpaired) electrons. The summed E-state index contributed by atoms with van der Waals surface area (Å²) in [6.07, 6.45) is -1.71. The second-order valence-corrected chi connectivity index (χ2v) is 14.8. The van der Waals surface area contributed by atoms with Gasteiger partial charge in [0, 0.05) is 39.9 Å². The number of methoxy groups -OCH3 is 2. The monoisotopic (exact) mass is 739 g/mol. The second kappa shape index (κ2) is 20.9. The minimum atomic E-state index is -0.857. The fourth-order valence-electron chi connectivity index (χ4n) is 7.29. The second-order valence-electron chi connectivity index (χ2n) is 14.8. The first kappa shape index (κ1) is 45.0. The summed E-state index contributed by atoms with van der Waals surface area (Å²) in [7, 11) is 6.29. The summed E-state index contributed by atoms with van der Waals surface area (Å²) < 4.78 is 39.9. The Bertz CT molecular complexity index is 1310. The maximum absolute atomic E-state index is 14.1. The van der Waals surface area contributed by atoms with E-state index in [2.05, 4.69) is 16.0 Å². The summed E-state index contributed by atoms with van der Waals surface area (Å²) in [5.41, 5.74) is -0.122. The van der Waals surface area contributed by atoms with Gasteiger partial charge >= 0.3 is 0 Å². The van der Waals surface area contributed by atoms with Crippen molar-refractivity contribution in [1.29, 1.82) is 0 Å². The van der Waals surface area contributed by atoms with Gasteiger partial charge in [0.15, 0.2) is 0 Å². The number of nitrogens with zero attached hydrogens (tertiary/aromatic N) is 2. The van der Waals surface area contributed by atoms with Crippen molar-refractivity contribution in [2.24, 2.45) is 23.7 Å². The predicted molar refractivity (Wildman–Crippen MR) is 195 cm³/mol. The Morgan fingerprint density at radius 2 is 1.58 bits per heavy atom. The number of benzene rings is 1. The van der Waals surface area contributed by atoms with Gasteiger partial charge in [-0.25, -0.2) is 8.78 Å². The third kappa shape index (κ3) is 11.4.